The number of nitrogens with one attached hydrogen (secondary N) is 1. The van der Waals surface area contributed by atoms with E-state index in [4.69, 9.17) is 23.2 Å². The third-order valence-corrected chi connectivity index (χ3v) is 4.63. The molecule has 1 atom stereocenters. The molecular formula is C16H13Cl2N3O. The van der Waals surface area contributed by atoms with E-state index in [0.29, 0.717) is 22.2 Å². The van der Waals surface area contributed by atoms with Gasteiger partial charge >= 0.3 is 0 Å². The number of fused-ring (bicyclic) bond motifs is 2. The zero-order chi connectivity index (χ0) is 15.5. The van der Waals surface area contributed by atoms with Crippen molar-refractivity contribution in [1.82, 2.24) is 9.38 Å². The fraction of sp³-hybridized carbons (Fsp3) is 0.188. The van der Waals surface area contributed by atoms with Gasteiger partial charge in [0.15, 0.2) is 5.60 Å². The zero-order valence-corrected chi connectivity index (χ0v) is 13.3. The maximum atomic E-state index is 11.4. The maximum Gasteiger partial charge on any atom is 0.151 e. The predicted molar refractivity (Wildman–Crippen MR) is 87.9 cm³/mol. The van der Waals surface area contributed by atoms with Crippen molar-refractivity contribution in [1.29, 1.82) is 0 Å². The smallest absolute Gasteiger partial charge is 0.151 e. The highest BCUT2D eigenvalue weighted by Crippen LogP contribution is 2.45. The molecule has 2 aromatic heterocycles. The standard InChI is InChI=1S/C16H13Cl2N3O/c1-9-15(21-5-3-2-4-13(21)20-9)16(22)8-19-14-11(16)6-10(17)7-12(14)18/h2-7,19,22H,8H2,1H3/t16-/m0/s1. The molecule has 0 aliphatic carbocycles. The molecule has 0 amide bonds. The van der Waals surface area contributed by atoms with Crippen LogP contribution in [0.5, 0.6) is 0 Å². The third kappa shape index (κ3) is 1.78. The van der Waals surface area contributed by atoms with E-state index in [2.05, 4.69) is 10.3 Å². The van der Waals surface area contributed by atoms with Crippen LogP contribution in [-0.2, 0) is 5.60 Å². The molecule has 0 unspecified atom stereocenters. The number of β-amino-alcohol motifs (C(OH)–C–C–N with tert-alkyl or cyclic N) is 1. The van der Waals surface area contributed by atoms with Crippen LogP contribution in [0.1, 0.15) is 17.0 Å². The lowest BCUT2D eigenvalue weighted by Gasteiger charge is -2.23. The molecule has 3 heterocycles. The first kappa shape index (κ1) is 13.9. The highest BCUT2D eigenvalue weighted by molar-refractivity contribution is 6.36. The van der Waals surface area contributed by atoms with Gasteiger partial charge in [0.1, 0.15) is 5.65 Å². The van der Waals surface area contributed by atoms with Crippen molar-refractivity contribution in [3.63, 3.8) is 0 Å². The van der Waals surface area contributed by atoms with E-state index in [9.17, 15) is 5.11 Å². The lowest BCUT2D eigenvalue weighted by Crippen LogP contribution is -2.31. The Balaban J connectivity index is 2.03. The fourth-order valence-electron chi connectivity index (χ4n) is 3.21. The van der Waals surface area contributed by atoms with Gasteiger partial charge in [-0.1, -0.05) is 29.3 Å². The number of anilines is 1. The molecule has 112 valence electrons. The van der Waals surface area contributed by atoms with E-state index in [1.165, 1.54) is 0 Å². The summed E-state index contributed by atoms with van der Waals surface area (Å²) in [5.74, 6) is 0. The molecule has 1 aromatic carbocycles. The number of pyridine rings is 1. The van der Waals surface area contributed by atoms with Gasteiger partial charge in [-0.25, -0.2) is 4.98 Å². The summed E-state index contributed by atoms with van der Waals surface area (Å²) in [5.41, 5.74) is 2.48. The monoisotopic (exact) mass is 333 g/mol. The van der Waals surface area contributed by atoms with Crippen molar-refractivity contribution in [2.75, 3.05) is 11.9 Å². The minimum atomic E-state index is -1.23. The van der Waals surface area contributed by atoms with Crippen LogP contribution in [0.4, 0.5) is 5.69 Å². The summed E-state index contributed by atoms with van der Waals surface area (Å²) in [6, 6.07) is 9.17. The summed E-state index contributed by atoms with van der Waals surface area (Å²) < 4.78 is 1.90. The summed E-state index contributed by atoms with van der Waals surface area (Å²) in [4.78, 5) is 4.53. The molecule has 0 fully saturated rings. The molecule has 0 saturated carbocycles. The van der Waals surface area contributed by atoms with Crippen LogP contribution in [0.2, 0.25) is 10.0 Å². The first-order chi connectivity index (χ1) is 10.5. The van der Waals surface area contributed by atoms with E-state index in [1.807, 2.05) is 35.7 Å². The molecular weight excluding hydrogens is 321 g/mol. The molecule has 1 aliphatic rings. The van der Waals surface area contributed by atoms with Crippen molar-refractivity contribution in [2.45, 2.75) is 12.5 Å². The van der Waals surface area contributed by atoms with Gasteiger partial charge in [-0.2, -0.15) is 0 Å². The SMILES string of the molecule is Cc1nc2ccccn2c1[C@]1(O)CNc2c(Cl)cc(Cl)cc21. The first-order valence-electron chi connectivity index (χ1n) is 6.90. The Hall–Kier alpha value is -1.75. The molecule has 4 nitrogen and oxygen atoms in total. The summed E-state index contributed by atoms with van der Waals surface area (Å²) >= 11 is 12.4. The summed E-state index contributed by atoms with van der Waals surface area (Å²) in [6.07, 6.45) is 1.90. The van der Waals surface area contributed by atoms with Gasteiger partial charge in [-0.3, -0.25) is 0 Å². The largest absolute Gasteiger partial charge is 0.380 e. The van der Waals surface area contributed by atoms with Crippen LogP contribution < -0.4 is 5.32 Å². The van der Waals surface area contributed by atoms with Crippen LogP contribution >= 0.6 is 23.2 Å². The van der Waals surface area contributed by atoms with Gasteiger partial charge in [-0.05, 0) is 31.2 Å². The molecule has 0 radical (unpaired) electrons. The van der Waals surface area contributed by atoms with Gasteiger partial charge in [0.2, 0.25) is 0 Å². The Morgan fingerprint density at radius 2 is 2.14 bits per heavy atom. The van der Waals surface area contributed by atoms with Gasteiger partial charge in [-0.15, -0.1) is 0 Å². The molecule has 0 bridgehead atoms. The number of halogens is 2. The highest BCUT2D eigenvalue weighted by Gasteiger charge is 2.43. The maximum absolute atomic E-state index is 11.4. The van der Waals surface area contributed by atoms with E-state index in [0.717, 1.165) is 22.7 Å². The molecule has 1 aliphatic heterocycles. The molecule has 2 N–H and O–H groups in total. The van der Waals surface area contributed by atoms with Crippen molar-refractivity contribution in [3.8, 4) is 0 Å². The van der Waals surface area contributed by atoms with Gasteiger partial charge in [0, 0.05) is 16.8 Å². The van der Waals surface area contributed by atoms with Crippen LogP contribution in [0.3, 0.4) is 0 Å². The van der Waals surface area contributed by atoms with E-state index in [1.54, 1.807) is 12.1 Å². The minimum absolute atomic E-state index is 0.325. The number of rotatable bonds is 1. The normalized spacial score (nSPS) is 20.2. The fourth-order valence-corrected chi connectivity index (χ4v) is 3.77. The third-order valence-electron chi connectivity index (χ3n) is 4.12. The van der Waals surface area contributed by atoms with Crippen LogP contribution in [0, 0.1) is 6.92 Å². The van der Waals surface area contributed by atoms with Gasteiger partial charge in [0.05, 0.1) is 28.6 Å². The van der Waals surface area contributed by atoms with Gasteiger partial charge < -0.3 is 14.8 Å². The average Bonchev–Trinajstić information content (AvgIpc) is 2.97. The topological polar surface area (TPSA) is 49.6 Å². The Morgan fingerprint density at radius 3 is 2.95 bits per heavy atom. The summed E-state index contributed by atoms with van der Waals surface area (Å²) in [7, 11) is 0. The summed E-state index contributed by atoms with van der Waals surface area (Å²) in [6.45, 7) is 2.22. The van der Waals surface area contributed by atoms with Crippen LogP contribution in [0.25, 0.3) is 5.65 Å². The van der Waals surface area contributed by atoms with Crippen molar-refractivity contribution >= 4 is 34.5 Å². The van der Waals surface area contributed by atoms with Crippen LogP contribution in [-0.4, -0.2) is 21.0 Å². The van der Waals surface area contributed by atoms with E-state index in [-0.39, 0.29) is 0 Å². The van der Waals surface area contributed by atoms with E-state index >= 15 is 0 Å². The Kier molecular flexibility index (Phi) is 2.92. The van der Waals surface area contributed by atoms with Crippen molar-refractivity contribution in [3.05, 3.63) is 63.5 Å². The number of benzene rings is 1. The predicted octanol–water partition coefficient (Wildman–Crippen LogP) is 3.61. The zero-order valence-electron chi connectivity index (χ0n) is 11.8. The second-order valence-electron chi connectivity index (χ2n) is 5.50. The van der Waals surface area contributed by atoms with Crippen molar-refractivity contribution < 1.29 is 5.11 Å². The number of aryl methyl sites for hydroxylation is 1. The Labute approximate surface area is 137 Å². The van der Waals surface area contributed by atoms with Crippen LogP contribution in [0.15, 0.2) is 36.5 Å². The number of hydrogen-bond donors (Lipinski definition) is 2. The second-order valence-corrected chi connectivity index (χ2v) is 6.34. The van der Waals surface area contributed by atoms with Crippen molar-refractivity contribution in [2.24, 2.45) is 0 Å². The second kappa shape index (κ2) is 4.62. The quantitative estimate of drug-likeness (QED) is 0.715. The molecule has 22 heavy (non-hydrogen) atoms. The molecule has 0 spiro atoms. The number of aliphatic hydroxyl groups is 1. The average molecular weight is 334 g/mol. The molecule has 0 saturated heterocycles. The Morgan fingerprint density at radius 1 is 1.32 bits per heavy atom. The lowest BCUT2D eigenvalue weighted by atomic mass is 9.91. The van der Waals surface area contributed by atoms with Gasteiger partial charge in [0.25, 0.3) is 0 Å². The Bertz CT molecular complexity index is 906. The molecule has 3 aromatic rings. The van der Waals surface area contributed by atoms with E-state index < -0.39 is 5.60 Å². The number of nitrogens with zero attached hydrogens (tertiary/aromatic N) is 2. The number of imidazole rings is 1. The lowest BCUT2D eigenvalue weighted by molar-refractivity contribution is 0.0965. The first-order valence-corrected chi connectivity index (χ1v) is 7.66. The number of hydrogen-bond acceptors (Lipinski definition) is 3. The molecule has 4 rings (SSSR count). The molecule has 6 heteroatoms. The number of aromatic nitrogens is 2. The minimum Gasteiger partial charge on any atom is -0.380 e. The summed E-state index contributed by atoms with van der Waals surface area (Å²) in [5, 5.41) is 15.6. The highest BCUT2D eigenvalue weighted by atomic mass is 35.5.